The van der Waals surface area contributed by atoms with Crippen LogP contribution in [0.15, 0.2) is 53.4 Å². The summed E-state index contributed by atoms with van der Waals surface area (Å²) in [5, 5.41) is 5.37. The van der Waals surface area contributed by atoms with Crippen molar-refractivity contribution in [3.05, 3.63) is 59.7 Å². The van der Waals surface area contributed by atoms with Crippen LogP contribution in [0, 0.1) is 12.8 Å². The second-order valence-corrected chi connectivity index (χ2v) is 7.83. The smallest absolute Gasteiger partial charge is 0.329 e. The zero-order chi connectivity index (χ0) is 21.4. The maximum Gasteiger partial charge on any atom is 0.329 e. The van der Waals surface area contributed by atoms with Gasteiger partial charge in [0.1, 0.15) is 6.04 Å². The monoisotopic (exact) mass is 414 g/mol. The van der Waals surface area contributed by atoms with Gasteiger partial charge in [-0.3, -0.25) is 9.59 Å². The molecule has 7 heteroatoms. The maximum absolute atomic E-state index is 12.4. The molecule has 0 bridgehead atoms. The third kappa shape index (κ3) is 6.94. The fraction of sp³-hybridized carbons (Fsp3) is 0.318. The molecule has 0 heterocycles. The van der Waals surface area contributed by atoms with Crippen LogP contribution in [0.2, 0.25) is 0 Å². The summed E-state index contributed by atoms with van der Waals surface area (Å²) in [5.74, 6) is -1.64. The van der Waals surface area contributed by atoms with Crippen molar-refractivity contribution < 1.29 is 19.1 Å². The minimum absolute atomic E-state index is 0.195. The third-order valence-electron chi connectivity index (χ3n) is 4.24. The van der Waals surface area contributed by atoms with Crippen LogP contribution >= 0.6 is 11.8 Å². The molecule has 0 saturated carbocycles. The van der Waals surface area contributed by atoms with Gasteiger partial charge in [-0.15, -0.1) is 11.8 Å². The number of carbonyl (C=O) groups excluding carboxylic acids is 3. The van der Waals surface area contributed by atoms with E-state index in [0.717, 1.165) is 10.5 Å². The first-order chi connectivity index (χ1) is 13.8. The van der Waals surface area contributed by atoms with Crippen molar-refractivity contribution in [2.24, 2.45) is 5.92 Å². The van der Waals surface area contributed by atoms with Crippen molar-refractivity contribution in [3.63, 3.8) is 0 Å². The summed E-state index contributed by atoms with van der Waals surface area (Å²) in [4.78, 5) is 38.0. The molecule has 0 aliphatic heterocycles. The highest BCUT2D eigenvalue weighted by molar-refractivity contribution is 7.98. The van der Waals surface area contributed by atoms with Gasteiger partial charge < -0.3 is 15.4 Å². The Morgan fingerprint density at radius 3 is 2.17 bits per heavy atom. The van der Waals surface area contributed by atoms with Gasteiger partial charge in [0, 0.05) is 16.1 Å². The lowest BCUT2D eigenvalue weighted by Crippen LogP contribution is -2.45. The van der Waals surface area contributed by atoms with Crippen LogP contribution < -0.4 is 10.6 Å². The van der Waals surface area contributed by atoms with Crippen molar-refractivity contribution in [3.8, 4) is 0 Å². The average molecular weight is 415 g/mol. The van der Waals surface area contributed by atoms with Gasteiger partial charge in [0.15, 0.2) is 6.61 Å². The molecule has 6 nitrogen and oxygen atoms in total. The quantitative estimate of drug-likeness (QED) is 0.509. The van der Waals surface area contributed by atoms with E-state index in [2.05, 4.69) is 10.6 Å². The molecule has 154 valence electrons. The summed E-state index contributed by atoms with van der Waals surface area (Å²) in [6.07, 6.45) is 1.97. The summed E-state index contributed by atoms with van der Waals surface area (Å²) < 4.78 is 5.13. The Kier molecular flexibility index (Phi) is 8.27. The number of esters is 1. The lowest BCUT2D eigenvalue weighted by Gasteiger charge is -2.21. The molecule has 2 N–H and O–H groups in total. The van der Waals surface area contributed by atoms with Crippen molar-refractivity contribution >= 4 is 35.2 Å². The Labute approximate surface area is 175 Å². The Morgan fingerprint density at radius 2 is 1.62 bits per heavy atom. The minimum Gasteiger partial charge on any atom is -0.454 e. The predicted molar refractivity (Wildman–Crippen MR) is 115 cm³/mol. The van der Waals surface area contributed by atoms with Crippen LogP contribution in [0.3, 0.4) is 0 Å². The van der Waals surface area contributed by atoms with Crippen LogP contribution in [0.5, 0.6) is 0 Å². The highest BCUT2D eigenvalue weighted by Crippen LogP contribution is 2.17. The first kappa shape index (κ1) is 22.5. The number of ether oxygens (including phenoxy) is 1. The number of carbonyl (C=O) groups is 3. The average Bonchev–Trinajstić information content (AvgIpc) is 2.71. The second kappa shape index (κ2) is 10.7. The molecular formula is C22H26N2O4S. The summed E-state index contributed by atoms with van der Waals surface area (Å²) >= 11 is 1.60. The van der Waals surface area contributed by atoms with E-state index in [9.17, 15) is 14.4 Å². The molecule has 0 aromatic heterocycles. The van der Waals surface area contributed by atoms with E-state index in [4.69, 9.17) is 4.74 Å². The van der Waals surface area contributed by atoms with Gasteiger partial charge >= 0.3 is 5.97 Å². The molecule has 0 fully saturated rings. The molecule has 0 aliphatic carbocycles. The van der Waals surface area contributed by atoms with Crippen molar-refractivity contribution in [2.45, 2.75) is 31.7 Å². The zero-order valence-electron chi connectivity index (χ0n) is 17.0. The SMILES string of the molecule is CSc1ccc(NC(=O)COC(=O)[C@@H](NC(=O)c2ccc(C)cc2)C(C)C)cc1. The standard InChI is InChI=1S/C22H26N2O4S/c1-14(2)20(24-21(26)16-7-5-15(3)6-8-16)22(27)28-13-19(25)23-17-9-11-18(29-4)12-10-17/h5-12,14,20H,13H2,1-4H3,(H,23,25)(H,24,26)/t20-/m0/s1. The van der Waals surface area contributed by atoms with Gasteiger partial charge in [-0.2, -0.15) is 0 Å². The largest absolute Gasteiger partial charge is 0.454 e. The maximum atomic E-state index is 12.4. The topological polar surface area (TPSA) is 84.5 Å². The molecule has 2 amide bonds. The first-order valence-corrected chi connectivity index (χ1v) is 10.5. The molecule has 0 aliphatic rings. The minimum atomic E-state index is -0.850. The lowest BCUT2D eigenvalue weighted by atomic mass is 10.0. The zero-order valence-corrected chi connectivity index (χ0v) is 17.8. The number of hydrogen-bond acceptors (Lipinski definition) is 5. The lowest BCUT2D eigenvalue weighted by molar-refractivity contribution is -0.150. The number of aryl methyl sites for hydroxylation is 1. The fourth-order valence-corrected chi connectivity index (χ4v) is 2.93. The van der Waals surface area contributed by atoms with Crippen molar-refractivity contribution in [1.29, 1.82) is 0 Å². The van der Waals surface area contributed by atoms with Crippen molar-refractivity contribution in [1.82, 2.24) is 5.32 Å². The molecule has 0 radical (unpaired) electrons. The molecule has 0 saturated heterocycles. The van der Waals surface area contributed by atoms with E-state index in [-0.39, 0.29) is 11.8 Å². The summed E-state index contributed by atoms with van der Waals surface area (Å²) in [5.41, 5.74) is 2.12. The number of hydrogen-bond donors (Lipinski definition) is 2. The number of benzene rings is 2. The Balaban J connectivity index is 1.90. The van der Waals surface area contributed by atoms with Crippen LogP contribution in [0.4, 0.5) is 5.69 Å². The van der Waals surface area contributed by atoms with Crippen LogP contribution in [0.1, 0.15) is 29.8 Å². The number of amides is 2. The van der Waals surface area contributed by atoms with E-state index >= 15 is 0 Å². The van der Waals surface area contributed by atoms with Crippen molar-refractivity contribution in [2.75, 3.05) is 18.2 Å². The first-order valence-electron chi connectivity index (χ1n) is 9.28. The highest BCUT2D eigenvalue weighted by Gasteiger charge is 2.26. The molecular weight excluding hydrogens is 388 g/mol. The Morgan fingerprint density at radius 1 is 1.00 bits per heavy atom. The van der Waals surface area contributed by atoms with Gasteiger partial charge in [-0.1, -0.05) is 31.5 Å². The fourth-order valence-electron chi connectivity index (χ4n) is 2.53. The summed E-state index contributed by atoms with van der Waals surface area (Å²) in [6, 6.07) is 13.5. The van der Waals surface area contributed by atoms with Crippen LogP contribution in [-0.2, 0) is 14.3 Å². The van der Waals surface area contributed by atoms with E-state index < -0.39 is 24.5 Å². The van der Waals surface area contributed by atoms with Gasteiger partial charge in [0.25, 0.3) is 11.8 Å². The number of thioether (sulfide) groups is 1. The summed E-state index contributed by atoms with van der Waals surface area (Å²) in [7, 11) is 0. The van der Waals surface area contributed by atoms with Crippen LogP contribution in [0.25, 0.3) is 0 Å². The van der Waals surface area contributed by atoms with Gasteiger partial charge in [0.2, 0.25) is 0 Å². The molecule has 2 aromatic carbocycles. The van der Waals surface area contributed by atoms with E-state index in [1.165, 1.54) is 0 Å². The molecule has 0 unspecified atom stereocenters. The normalized spacial score (nSPS) is 11.6. The Bertz CT molecular complexity index is 848. The van der Waals surface area contributed by atoms with E-state index in [1.54, 1.807) is 49.9 Å². The number of nitrogens with one attached hydrogen (secondary N) is 2. The summed E-state index contributed by atoms with van der Waals surface area (Å²) in [6.45, 7) is 5.11. The highest BCUT2D eigenvalue weighted by atomic mass is 32.2. The van der Waals surface area contributed by atoms with E-state index in [0.29, 0.717) is 11.3 Å². The number of anilines is 1. The predicted octanol–water partition coefficient (Wildman–Crippen LogP) is 3.65. The third-order valence-corrected chi connectivity index (χ3v) is 4.98. The van der Waals surface area contributed by atoms with Gasteiger partial charge in [0.05, 0.1) is 0 Å². The van der Waals surface area contributed by atoms with Crippen LogP contribution in [-0.4, -0.2) is 36.7 Å². The Hall–Kier alpha value is -2.80. The molecule has 29 heavy (non-hydrogen) atoms. The van der Waals surface area contributed by atoms with Gasteiger partial charge in [-0.05, 0) is 55.5 Å². The number of rotatable bonds is 8. The molecule has 0 spiro atoms. The van der Waals surface area contributed by atoms with E-state index in [1.807, 2.05) is 37.4 Å². The second-order valence-electron chi connectivity index (χ2n) is 6.95. The molecule has 2 aromatic rings. The van der Waals surface area contributed by atoms with Gasteiger partial charge in [-0.25, -0.2) is 4.79 Å². The molecule has 2 rings (SSSR count). The molecule has 1 atom stereocenters.